The van der Waals surface area contributed by atoms with Crippen LogP contribution >= 0.6 is 0 Å². The van der Waals surface area contributed by atoms with Crippen LogP contribution in [-0.2, 0) is 37.4 Å². The number of nitrogen functional groups attached to an aromatic ring is 3. The number of nitrogens with one attached hydrogen (secondary N) is 1. The lowest BCUT2D eigenvalue weighted by molar-refractivity contribution is -0.139. The van der Waals surface area contributed by atoms with Crippen LogP contribution in [0.25, 0.3) is 0 Å². The van der Waals surface area contributed by atoms with E-state index in [1.165, 1.54) is 33.7 Å². The van der Waals surface area contributed by atoms with E-state index >= 15 is 0 Å². The fourth-order valence-corrected chi connectivity index (χ4v) is 23.1. The minimum absolute atomic E-state index is 0.0335. The van der Waals surface area contributed by atoms with Gasteiger partial charge in [-0.3, -0.25) is 32.9 Å². The largest absolute Gasteiger partial charge is 0.413 e. The zero-order valence-corrected chi connectivity index (χ0v) is 56.1. The molecule has 7 unspecified atom stereocenters. The number of carbonyl (C=O) groups is 2. The van der Waals surface area contributed by atoms with Crippen molar-refractivity contribution in [3.8, 4) is 0 Å². The Bertz CT molecular complexity index is 3050. The molecular formula is C57H98N14O16Si2. The van der Waals surface area contributed by atoms with E-state index in [0.717, 1.165) is 15.7 Å². The van der Waals surface area contributed by atoms with Crippen molar-refractivity contribution >= 4 is 52.5 Å². The number of hydrogen-bond acceptors (Lipinski definition) is 26. The molecule has 4 aromatic rings. The molecule has 0 aliphatic carbocycles. The maximum absolute atomic E-state index is 12.2. The van der Waals surface area contributed by atoms with Crippen molar-refractivity contribution in [3.63, 3.8) is 0 Å². The Balaban J connectivity index is 0.000000258. The van der Waals surface area contributed by atoms with Crippen LogP contribution in [0.1, 0.15) is 108 Å². The number of nitrogens with two attached hydrogens (primary N) is 3. The highest BCUT2D eigenvalue weighted by Crippen LogP contribution is 2.44. The standard InChI is InChI=1S/C19H36N4O3Si.C18H31N3O5Si.C11H18N4O3.C9H13N3O5/c1-13(2)27(14(3)4,15(5)6)25-12-16-10-22(7)11-18(26-16)23-9-8-17(20)21-19(23)24;1-12(2)27(13(3)4,14(5)6)25-11-15(9-22)26-17(10-23)21-8-7-16(19)20-18(21)24;1-12-9-3-4-15(11(17)13-9)10-6-14(2)5-8(7-16)18-10;10-5-1-2-12(9(16)11-5)8-7(15)6(14)4(3-13)17-8/h8-9,13-16,18H,10-12H2,1-7H3,(H2,20,21,24);7-10,12-15,17H,11H2,1-6H3,(H2,19,20,24);3-4,8,10,16H,5-7H2,1-2H3,(H,12,13,17);1-2,4,6-8,13-15H,3H2,(H2,10,11,16)/t;;;4-,6+,7?,8-/m...1/s1. The van der Waals surface area contributed by atoms with Crippen LogP contribution in [0.2, 0.25) is 33.2 Å². The molecule has 0 saturated carbocycles. The van der Waals surface area contributed by atoms with Gasteiger partial charge in [-0.05, 0) is 71.6 Å². The molecule has 7 heterocycles. The van der Waals surface area contributed by atoms with Crippen LogP contribution < -0.4 is 45.3 Å². The molecule has 30 nitrogen and oxygen atoms in total. The fourth-order valence-electron chi connectivity index (χ4n) is 12.2. The Kier molecular flexibility index (Phi) is 29.2. The molecule has 3 fully saturated rings. The van der Waals surface area contributed by atoms with Crippen molar-refractivity contribution in [2.24, 2.45) is 0 Å². The van der Waals surface area contributed by atoms with Crippen molar-refractivity contribution in [2.75, 3.05) is 96.3 Å². The van der Waals surface area contributed by atoms with Gasteiger partial charge in [0.2, 0.25) is 0 Å². The van der Waals surface area contributed by atoms with Crippen molar-refractivity contribution in [3.05, 3.63) is 91.0 Å². The van der Waals surface area contributed by atoms with Crippen molar-refractivity contribution in [1.82, 2.24) is 48.0 Å². The topological polar surface area (TPSA) is 407 Å². The number of aliphatic hydroxyl groups excluding tert-OH is 4. The van der Waals surface area contributed by atoms with Gasteiger partial charge in [-0.1, -0.05) is 83.1 Å². The molecule has 32 heteroatoms. The maximum atomic E-state index is 12.2. The monoisotopic (exact) mass is 1290 g/mol. The predicted octanol–water partition coefficient (Wildman–Crippen LogP) is 1.69. The number of nitrogens with zero attached hydrogens (tertiary/aromatic N) is 10. The summed E-state index contributed by atoms with van der Waals surface area (Å²) in [5, 5.41) is 40.1. The number of ether oxygens (including phenoxy) is 4. The molecule has 0 radical (unpaired) electrons. The molecule has 10 atom stereocenters. The van der Waals surface area contributed by atoms with Gasteiger partial charge in [-0.2, -0.15) is 19.9 Å². The minimum Gasteiger partial charge on any atom is -0.413 e. The van der Waals surface area contributed by atoms with Gasteiger partial charge in [-0.25, -0.2) is 19.2 Å². The second kappa shape index (κ2) is 34.4. The van der Waals surface area contributed by atoms with E-state index in [2.05, 4.69) is 113 Å². The first kappa shape index (κ1) is 75.5. The van der Waals surface area contributed by atoms with E-state index in [1.807, 2.05) is 19.0 Å². The second-order valence-corrected chi connectivity index (χ2v) is 35.2. The van der Waals surface area contributed by atoms with Gasteiger partial charge in [0.25, 0.3) is 0 Å². The van der Waals surface area contributed by atoms with Gasteiger partial charge in [0.05, 0.1) is 38.6 Å². The van der Waals surface area contributed by atoms with Crippen molar-refractivity contribution in [2.45, 2.75) is 178 Å². The summed E-state index contributed by atoms with van der Waals surface area (Å²) in [6.07, 6.45) is -1.03. The van der Waals surface area contributed by atoms with Crippen molar-refractivity contribution < 1.29 is 57.8 Å². The first-order chi connectivity index (χ1) is 41.8. The van der Waals surface area contributed by atoms with Crippen LogP contribution in [0, 0.1) is 0 Å². The Morgan fingerprint density at radius 1 is 0.584 bits per heavy atom. The molecule has 0 bridgehead atoms. The number of hydrogen-bond donors (Lipinski definition) is 8. The van der Waals surface area contributed by atoms with E-state index < -0.39 is 77.7 Å². The molecule has 7 rings (SSSR count). The van der Waals surface area contributed by atoms with Gasteiger partial charge in [0.1, 0.15) is 47.7 Å². The highest BCUT2D eigenvalue weighted by atomic mass is 28.4. The molecule has 11 N–H and O–H groups in total. The number of aromatic nitrogens is 8. The first-order valence-corrected chi connectivity index (χ1v) is 34.2. The number of likely N-dealkylation sites (N-methyl/N-ethyl adjacent to an activating group) is 2. The number of aldehydes is 2. The van der Waals surface area contributed by atoms with Gasteiger partial charge in [0, 0.05) is 58.0 Å². The number of rotatable bonds is 23. The highest BCUT2D eigenvalue weighted by molar-refractivity contribution is 6.78. The van der Waals surface area contributed by atoms with E-state index in [1.54, 1.807) is 31.6 Å². The average molecular weight is 1290 g/mol. The zero-order chi connectivity index (χ0) is 66.8. The summed E-state index contributed by atoms with van der Waals surface area (Å²) >= 11 is 0. The van der Waals surface area contributed by atoms with E-state index in [4.69, 9.17) is 55.2 Å². The summed E-state index contributed by atoms with van der Waals surface area (Å²) in [5.74, 6) is 0.844. The molecule has 0 amide bonds. The van der Waals surface area contributed by atoms with Crippen molar-refractivity contribution in [1.29, 1.82) is 0 Å². The quantitative estimate of drug-likeness (QED) is 0.0387. The normalized spacial score (nSPS) is 22.5. The fraction of sp³-hybridized carbons (Fsp3) is 0.684. The molecule has 4 aromatic heterocycles. The third-order valence-electron chi connectivity index (χ3n) is 16.2. The number of carbonyl (C=O) groups excluding carboxylic acids is 2. The van der Waals surface area contributed by atoms with Gasteiger partial charge >= 0.3 is 22.8 Å². The minimum atomic E-state index is -2.19. The smallest absolute Gasteiger partial charge is 0.351 e. The van der Waals surface area contributed by atoms with Gasteiger partial charge < -0.3 is 75.5 Å². The molecule has 89 heavy (non-hydrogen) atoms. The lowest BCUT2D eigenvalue weighted by atomic mass is 10.1. The second-order valence-electron chi connectivity index (χ2n) is 24.3. The Morgan fingerprint density at radius 3 is 1.44 bits per heavy atom. The lowest BCUT2D eigenvalue weighted by Crippen LogP contribution is -2.52. The summed E-state index contributed by atoms with van der Waals surface area (Å²) in [6, 6.07) is 6.09. The maximum Gasteiger partial charge on any atom is 0.351 e. The molecular weight excluding hydrogens is 1190 g/mol. The molecule has 0 spiro atoms. The first-order valence-electron chi connectivity index (χ1n) is 29.9. The molecule has 3 saturated heterocycles. The third kappa shape index (κ3) is 19.5. The molecule has 3 aliphatic rings. The summed E-state index contributed by atoms with van der Waals surface area (Å²) in [4.78, 5) is 89.3. The summed E-state index contributed by atoms with van der Waals surface area (Å²) in [7, 11) is 1.54. The predicted molar refractivity (Wildman–Crippen MR) is 340 cm³/mol. The van der Waals surface area contributed by atoms with Crippen LogP contribution in [0.3, 0.4) is 0 Å². The lowest BCUT2D eigenvalue weighted by Gasteiger charge is -2.44. The number of anilines is 4. The van der Waals surface area contributed by atoms with Crippen LogP contribution in [0.15, 0.2) is 68.2 Å². The Labute approximate surface area is 521 Å². The van der Waals surface area contributed by atoms with Crippen LogP contribution in [0.4, 0.5) is 23.3 Å². The number of morpholine rings is 2. The molecule has 500 valence electrons. The Morgan fingerprint density at radius 2 is 1.02 bits per heavy atom. The molecule has 0 aromatic carbocycles. The van der Waals surface area contributed by atoms with Gasteiger partial charge in [-0.15, -0.1) is 0 Å². The third-order valence-corrected chi connectivity index (χ3v) is 28.4. The summed E-state index contributed by atoms with van der Waals surface area (Å²) in [5.41, 5.74) is 16.8. The highest BCUT2D eigenvalue weighted by Gasteiger charge is 2.48. The molecule has 3 aliphatic heterocycles. The summed E-state index contributed by atoms with van der Waals surface area (Å²) in [6.45, 7) is 29.2. The van der Waals surface area contributed by atoms with Crippen LogP contribution in [-0.4, -0.2) is 208 Å². The van der Waals surface area contributed by atoms with Gasteiger partial charge in [0.15, 0.2) is 54.1 Å². The van der Waals surface area contributed by atoms with E-state index in [9.17, 15) is 39.0 Å². The zero-order valence-electron chi connectivity index (χ0n) is 54.1. The van der Waals surface area contributed by atoms with E-state index in [-0.39, 0.29) is 60.5 Å². The SMILES string of the molecule is CC(C)[Si](OCC(C=O)OC(C=O)n1ccc(N)nc1=O)(C(C)C)C(C)C.CC(C)[Si](OCC1CN(C)CC(n2ccc(N)nc2=O)O1)(C(C)C)C(C)C.CNc1ccn(C2CN(C)CC(CO)O2)c(=O)n1.Nc1ccn([C@@H]2O[C@H](CO)[C@H](O)C2O)c(=O)n1. The van der Waals surface area contributed by atoms with Crippen LogP contribution in [0.5, 0.6) is 0 Å². The summed E-state index contributed by atoms with van der Waals surface area (Å²) < 4.78 is 40.6. The average Bonchev–Trinajstić information content (AvgIpc) is 2.88. The van der Waals surface area contributed by atoms with E-state index in [0.29, 0.717) is 77.9 Å². The Hall–Kier alpha value is -5.99. The number of aliphatic hydroxyl groups is 4.